The molecule has 232 valence electrons. The molecule has 0 amide bonds. The highest BCUT2D eigenvalue weighted by atomic mass is 32.2. The van der Waals surface area contributed by atoms with E-state index in [-0.39, 0.29) is 9.79 Å². The highest BCUT2D eigenvalue weighted by Gasteiger charge is 2.33. The minimum atomic E-state index is -3.88. The van der Waals surface area contributed by atoms with Crippen LogP contribution < -0.4 is 9.64 Å². The second-order valence-corrected chi connectivity index (χ2v) is 15.4. The molecular weight excluding hydrogens is 581 g/mol. The standard InChI is InChI=1S/C33H44N4O4S2/c1-3-41-27-7-10-29(11-8-27)43(39,40)32-24-34-31-12-9-28(42(2)38)23-30(31)33(32)37-21-15-26(16-22-37)36-19-13-25(14-20-36)35-17-5-4-6-18-35/h7-12,23-26H,3-6,13-22H2,1-2H3. The summed E-state index contributed by atoms with van der Waals surface area (Å²) in [7, 11) is -5.08. The predicted molar refractivity (Wildman–Crippen MR) is 172 cm³/mol. The molecule has 2 aromatic carbocycles. The minimum Gasteiger partial charge on any atom is -0.494 e. The SMILES string of the molecule is CCOc1ccc(S(=O)(=O)c2cnc3ccc(S(C)=O)cc3c2N2CCC(N3CCC(N4CCCCC4)CC3)CC2)cc1. The molecular formula is C33H44N4O4S2. The van der Waals surface area contributed by atoms with Gasteiger partial charge in [0.05, 0.1) is 22.7 Å². The first kappa shape index (κ1) is 30.5. The smallest absolute Gasteiger partial charge is 0.210 e. The van der Waals surface area contributed by atoms with Gasteiger partial charge in [-0.1, -0.05) is 6.42 Å². The first-order valence-corrected chi connectivity index (χ1v) is 18.9. The molecule has 3 aromatic rings. The summed E-state index contributed by atoms with van der Waals surface area (Å²) in [6, 6.07) is 13.4. The van der Waals surface area contributed by atoms with Crippen LogP contribution in [0.2, 0.25) is 0 Å². The molecule has 8 nitrogen and oxygen atoms in total. The molecule has 3 fully saturated rings. The number of benzene rings is 2. The molecule has 0 radical (unpaired) electrons. The van der Waals surface area contributed by atoms with Gasteiger partial charge in [-0.2, -0.15) is 0 Å². The number of fused-ring (bicyclic) bond motifs is 1. The van der Waals surface area contributed by atoms with Gasteiger partial charge in [-0.15, -0.1) is 0 Å². The predicted octanol–water partition coefficient (Wildman–Crippen LogP) is 5.12. The van der Waals surface area contributed by atoms with E-state index in [2.05, 4.69) is 19.7 Å². The van der Waals surface area contributed by atoms with Gasteiger partial charge in [0.25, 0.3) is 0 Å². The molecule has 0 N–H and O–H groups in total. The summed E-state index contributed by atoms with van der Waals surface area (Å²) >= 11 is 0. The Bertz CT molecular complexity index is 1540. The lowest BCUT2D eigenvalue weighted by molar-refractivity contribution is 0.0654. The number of hydrogen-bond acceptors (Lipinski definition) is 8. The highest BCUT2D eigenvalue weighted by molar-refractivity contribution is 7.91. The first-order valence-electron chi connectivity index (χ1n) is 15.8. The Labute approximate surface area is 258 Å². The van der Waals surface area contributed by atoms with Crippen LogP contribution >= 0.6 is 0 Å². The van der Waals surface area contributed by atoms with Crippen LogP contribution in [0.1, 0.15) is 51.9 Å². The molecule has 0 spiro atoms. The Balaban J connectivity index is 1.26. The lowest BCUT2D eigenvalue weighted by Crippen LogP contribution is -2.52. The molecule has 43 heavy (non-hydrogen) atoms. The lowest BCUT2D eigenvalue weighted by Gasteiger charge is -2.45. The molecule has 3 aliphatic rings. The van der Waals surface area contributed by atoms with E-state index in [1.807, 2.05) is 25.1 Å². The zero-order chi connectivity index (χ0) is 30.0. The van der Waals surface area contributed by atoms with Crippen LogP contribution in [0.3, 0.4) is 0 Å². The Kier molecular flexibility index (Phi) is 9.38. The van der Waals surface area contributed by atoms with Crippen molar-refractivity contribution in [1.29, 1.82) is 0 Å². The molecule has 1 unspecified atom stereocenters. The maximum atomic E-state index is 14.1. The number of rotatable bonds is 8. The number of ether oxygens (including phenoxy) is 1. The fourth-order valence-corrected chi connectivity index (χ4v) is 9.18. The number of nitrogens with zero attached hydrogens (tertiary/aromatic N) is 4. The summed E-state index contributed by atoms with van der Waals surface area (Å²) < 4.78 is 46.2. The third-order valence-electron chi connectivity index (χ3n) is 9.55. The van der Waals surface area contributed by atoms with Gasteiger partial charge in [0.2, 0.25) is 9.84 Å². The zero-order valence-electron chi connectivity index (χ0n) is 25.4. The summed E-state index contributed by atoms with van der Waals surface area (Å²) in [5, 5.41) is 0.737. The third-order valence-corrected chi connectivity index (χ3v) is 12.2. The van der Waals surface area contributed by atoms with Crippen LogP contribution in [0.4, 0.5) is 5.69 Å². The first-order chi connectivity index (χ1) is 20.8. The van der Waals surface area contributed by atoms with Crippen molar-refractivity contribution in [2.45, 2.75) is 78.6 Å². The Morgan fingerprint density at radius 1 is 0.860 bits per heavy atom. The van der Waals surface area contributed by atoms with E-state index in [1.165, 1.54) is 51.4 Å². The zero-order valence-corrected chi connectivity index (χ0v) is 27.0. The molecule has 1 aromatic heterocycles. The molecule has 0 aliphatic carbocycles. The fourth-order valence-electron chi connectivity index (χ4n) is 7.20. The summed E-state index contributed by atoms with van der Waals surface area (Å²) in [6.45, 7) is 8.76. The highest BCUT2D eigenvalue weighted by Crippen LogP contribution is 2.39. The molecule has 1 atom stereocenters. The van der Waals surface area contributed by atoms with Gasteiger partial charge < -0.3 is 19.4 Å². The van der Waals surface area contributed by atoms with Crippen molar-refractivity contribution in [1.82, 2.24) is 14.8 Å². The normalized spacial score (nSPS) is 20.8. The van der Waals surface area contributed by atoms with Crippen molar-refractivity contribution in [3.05, 3.63) is 48.7 Å². The van der Waals surface area contributed by atoms with Crippen molar-refractivity contribution >= 4 is 37.2 Å². The summed E-state index contributed by atoms with van der Waals surface area (Å²) in [5.74, 6) is 0.635. The van der Waals surface area contributed by atoms with Crippen LogP contribution in [-0.2, 0) is 20.6 Å². The minimum absolute atomic E-state index is 0.198. The number of likely N-dealkylation sites (tertiary alicyclic amines) is 2. The van der Waals surface area contributed by atoms with Crippen molar-refractivity contribution in [2.75, 3.05) is 57.0 Å². The Hall–Kier alpha value is -2.53. The van der Waals surface area contributed by atoms with Crippen molar-refractivity contribution < 1.29 is 17.4 Å². The van der Waals surface area contributed by atoms with Gasteiger partial charge >= 0.3 is 0 Å². The van der Waals surface area contributed by atoms with Crippen molar-refractivity contribution in [2.24, 2.45) is 0 Å². The van der Waals surface area contributed by atoms with Crippen molar-refractivity contribution in [3.8, 4) is 5.75 Å². The average Bonchev–Trinajstić information content (AvgIpc) is 3.05. The fraction of sp³-hybridized carbons (Fsp3) is 0.545. The van der Waals surface area contributed by atoms with E-state index in [1.54, 1.807) is 30.5 Å². The van der Waals surface area contributed by atoms with Crippen LogP contribution in [0.25, 0.3) is 10.9 Å². The van der Waals surface area contributed by atoms with Gasteiger partial charge in [-0.3, -0.25) is 9.19 Å². The van der Waals surface area contributed by atoms with E-state index in [0.717, 1.165) is 50.4 Å². The molecule has 0 saturated carbocycles. The summed E-state index contributed by atoms with van der Waals surface area (Å²) in [6.07, 6.45) is 11.7. The molecule has 3 aliphatic heterocycles. The monoisotopic (exact) mass is 624 g/mol. The Morgan fingerprint density at radius 3 is 2.12 bits per heavy atom. The largest absolute Gasteiger partial charge is 0.494 e. The summed E-state index contributed by atoms with van der Waals surface area (Å²) in [4.78, 5) is 13.3. The van der Waals surface area contributed by atoms with Gasteiger partial charge in [-0.05, 0) is 114 Å². The topological polar surface area (TPSA) is 83.0 Å². The average molecular weight is 625 g/mol. The van der Waals surface area contributed by atoms with E-state index >= 15 is 0 Å². The maximum absolute atomic E-state index is 14.1. The number of aromatic nitrogens is 1. The quantitative estimate of drug-likeness (QED) is 0.342. The molecule has 0 bridgehead atoms. The van der Waals surface area contributed by atoms with E-state index in [9.17, 15) is 12.6 Å². The van der Waals surface area contributed by atoms with Crippen LogP contribution in [0, 0.1) is 0 Å². The lowest BCUT2D eigenvalue weighted by atomic mass is 9.95. The number of pyridine rings is 1. The van der Waals surface area contributed by atoms with E-state index < -0.39 is 20.6 Å². The number of piperidine rings is 3. The van der Waals surface area contributed by atoms with E-state index in [0.29, 0.717) is 34.5 Å². The summed E-state index contributed by atoms with van der Waals surface area (Å²) in [5.41, 5.74) is 1.38. The van der Waals surface area contributed by atoms with Crippen LogP contribution in [0.15, 0.2) is 63.3 Å². The maximum Gasteiger partial charge on any atom is 0.210 e. The molecule has 4 heterocycles. The second kappa shape index (κ2) is 13.2. The molecule has 10 heteroatoms. The Morgan fingerprint density at radius 2 is 1.49 bits per heavy atom. The third kappa shape index (κ3) is 6.48. The van der Waals surface area contributed by atoms with Crippen LogP contribution in [0.5, 0.6) is 5.75 Å². The molecule has 3 saturated heterocycles. The second-order valence-electron chi connectivity index (χ2n) is 12.1. The number of hydrogen-bond donors (Lipinski definition) is 0. The van der Waals surface area contributed by atoms with Crippen LogP contribution in [-0.4, -0.2) is 91.6 Å². The van der Waals surface area contributed by atoms with Crippen molar-refractivity contribution in [3.63, 3.8) is 0 Å². The number of sulfone groups is 1. The van der Waals surface area contributed by atoms with E-state index in [4.69, 9.17) is 4.74 Å². The molecule has 6 rings (SSSR count). The van der Waals surface area contributed by atoms with Gasteiger partial charge in [-0.25, -0.2) is 8.42 Å². The van der Waals surface area contributed by atoms with Gasteiger partial charge in [0, 0.05) is 58.7 Å². The number of anilines is 1. The van der Waals surface area contributed by atoms with Gasteiger partial charge in [0.15, 0.2) is 0 Å². The van der Waals surface area contributed by atoms with Gasteiger partial charge in [0.1, 0.15) is 10.6 Å².